The second-order valence-electron chi connectivity index (χ2n) is 4.21. The zero-order valence-corrected chi connectivity index (χ0v) is 10.3. The molecule has 1 unspecified atom stereocenters. The van der Waals surface area contributed by atoms with Crippen molar-refractivity contribution in [2.24, 2.45) is 5.73 Å². The summed E-state index contributed by atoms with van der Waals surface area (Å²) in [6.07, 6.45) is 0. The zero-order valence-electron chi connectivity index (χ0n) is 9.49. The molecule has 4 heteroatoms. The number of fused-ring (bicyclic) bond motifs is 1. The molecule has 0 radical (unpaired) electrons. The number of anilines is 1. The van der Waals surface area contributed by atoms with Gasteiger partial charge in [0.2, 0.25) is 5.91 Å². The van der Waals surface area contributed by atoms with Crippen LogP contribution in [0.25, 0.3) is 0 Å². The molecule has 0 saturated carbocycles. The van der Waals surface area contributed by atoms with Crippen LogP contribution in [0.2, 0.25) is 0 Å². The van der Waals surface area contributed by atoms with Crippen molar-refractivity contribution in [2.45, 2.75) is 29.9 Å². The average Bonchev–Trinajstić information content (AvgIpc) is 2.27. The van der Waals surface area contributed by atoms with E-state index in [2.05, 4.69) is 25.2 Å². The third-order valence-electron chi connectivity index (χ3n) is 2.70. The van der Waals surface area contributed by atoms with E-state index < -0.39 is 0 Å². The molecule has 1 aliphatic heterocycles. The molecule has 0 bridgehead atoms. The van der Waals surface area contributed by atoms with E-state index in [0.717, 1.165) is 10.6 Å². The second kappa shape index (κ2) is 4.47. The molecule has 0 aromatic heterocycles. The fourth-order valence-corrected chi connectivity index (χ4v) is 2.84. The molecule has 3 N–H and O–H groups in total. The van der Waals surface area contributed by atoms with Crippen LogP contribution in [0.1, 0.15) is 25.3 Å². The average molecular weight is 236 g/mol. The Hall–Kier alpha value is -1.000. The Morgan fingerprint density at radius 2 is 2.25 bits per heavy atom. The van der Waals surface area contributed by atoms with Gasteiger partial charge >= 0.3 is 0 Å². The molecule has 1 aromatic carbocycles. The lowest BCUT2D eigenvalue weighted by Gasteiger charge is -2.26. The molecule has 0 fully saturated rings. The number of carbonyl (C=O) groups excluding carboxylic acids is 1. The van der Waals surface area contributed by atoms with E-state index >= 15 is 0 Å². The van der Waals surface area contributed by atoms with Gasteiger partial charge in [-0.2, -0.15) is 0 Å². The van der Waals surface area contributed by atoms with Crippen LogP contribution >= 0.6 is 11.8 Å². The number of rotatable bonds is 2. The maximum atomic E-state index is 11.8. The molecule has 1 aromatic rings. The quantitative estimate of drug-likeness (QED) is 0.827. The van der Waals surface area contributed by atoms with Crippen molar-refractivity contribution in [3.8, 4) is 0 Å². The van der Waals surface area contributed by atoms with Gasteiger partial charge in [0.25, 0.3) is 0 Å². The lowest BCUT2D eigenvalue weighted by Crippen LogP contribution is -2.35. The number of nitrogens with one attached hydrogen (secondary N) is 1. The smallest absolute Gasteiger partial charge is 0.239 e. The zero-order chi connectivity index (χ0) is 11.7. The Balaban J connectivity index is 2.42. The summed E-state index contributed by atoms with van der Waals surface area (Å²) in [4.78, 5) is 12.9. The molecule has 1 aliphatic rings. The van der Waals surface area contributed by atoms with E-state index in [9.17, 15) is 4.79 Å². The molecule has 1 amide bonds. The SMILES string of the molecule is CC(C)c1cccc2c1NC(=O)C(CN)S2. The first-order chi connectivity index (χ1) is 7.63. The number of benzene rings is 1. The van der Waals surface area contributed by atoms with Crippen molar-refractivity contribution < 1.29 is 4.79 Å². The Morgan fingerprint density at radius 1 is 1.50 bits per heavy atom. The van der Waals surface area contributed by atoms with Crippen LogP contribution in [0.5, 0.6) is 0 Å². The molecule has 86 valence electrons. The first-order valence-electron chi connectivity index (χ1n) is 5.44. The van der Waals surface area contributed by atoms with E-state index in [0.29, 0.717) is 12.5 Å². The number of thioether (sulfide) groups is 1. The van der Waals surface area contributed by atoms with E-state index in [1.54, 1.807) is 11.8 Å². The lowest BCUT2D eigenvalue weighted by molar-refractivity contribution is -0.115. The number of hydrogen-bond donors (Lipinski definition) is 2. The third kappa shape index (κ3) is 1.95. The van der Waals surface area contributed by atoms with Crippen LogP contribution in [0, 0.1) is 0 Å². The number of hydrogen-bond acceptors (Lipinski definition) is 3. The summed E-state index contributed by atoms with van der Waals surface area (Å²) in [5.74, 6) is 0.429. The topological polar surface area (TPSA) is 55.1 Å². The predicted molar refractivity (Wildman–Crippen MR) is 67.9 cm³/mol. The van der Waals surface area contributed by atoms with Gasteiger partial charge in [-0.25, -0.2) is 0 Å². The minimum Gasteiger partial charge on any atom is -0.329 e. The van der Waals surface area contributed by atoms with Gasteiger partial charge in [0, 0.05) is 11.4 Å². The Morgan fingerprint density at radius 3 is 2.88 bits per heavy atom. The van der Waals surface area contributed by atoms with Gasteiger partial charge in [-0.15, -0.1) is 11.8 Å². The summed E-state index contributed by atoms with van der Waals surface area (Å²) in [5, 5.41) is 2.81. The normalized spacial score (nSPS) is 19.5. The van der Waals surface area contributed by atoms with Gasteiger partial charge in [-0.05, 0) is 17.5 Å². The number of amides is 1. The highest BCUT2D eigenvalue weighted by atomic mass is 32.2. The standard InChI is InChI=1S/C12H16N2OS/c1-7(2)8-4-3-5-9-11(8)14-12(15)10(6-13)16-9/h3-5,7,10H,6,13H2,1-2H3,(H,14,15). The highest BCUT2D eigenvalue weighted by Crippen LogP contribution is 2.39. The maximum Gasteiger partial charge on any atom is 0.239 e. The highest BCUT2D eigenvalue weighted by molar-refractivity contribution is 8.01. The summed E-state index contributed by atoms with van der Waals surface area (Å²) in [5.41, 5.74) is 7.73. The van der Waals surface area contributed by atoms with Crippen LogP contribution < -0.4 is 11.1 Å². The van der Waals surface area contributed by atoms with Crippen LogP contribution in [0.3, 0.4) is 0 Å². The largest absolute Gasteiger partial charge is 0.329 e. The van der Waals surface area contributed by atoms with Crippen molar-refractivity contribution in [1.29, 1.82) is 0 Å². The molecule has 16 heavy (non-hydrogen) atoms. The third-order valence-corrected chi connectivity index (χ3v) is 3.99. The molecule has 0 saturated heterocycles. The van der Waals surface area contributed by atoms with Crippen LogP contribution in [-0.2, 0) is 4.79 Å². The van der Waals surface area contributed by atoms with Crippen molar-refractivity contribution >= 4 is 23.4 Å². The Labute approximate surface area is 99.8 Å². The predicted octanol–water partition coefficient (Wildman–Crippen LogP) is 2.18. The summed E-state index contributed by atoms with van der Waals surface area (Å²) >= 11 is 1.56. The molecule has 3 nitrogen and oxygen atoms in total. The van der Waals surface area contributed by atoms with E-state index in [1.165, 1.54) is 5.56 Å². The van der Waals surface area contributed by atoms with Crippen molar-refractivity contribution in [1.82, 2.24) is 0 Å². The number of carbonyl (C=O) groups is 1. The first kappa shape index (κ1) is 11.5. The first-order valence-corrected chi connectivity index (χ1v) is 6.32. The molecular formula is C12H16N2OS. The van der Waals surface area contributed by atoms with E-state index in [-0.39, 0.29) is 11.2 Å². The molecule has 2 rings (SSSR count). The van der Waals surface area contributed by atoms with E-state index in [1.807, 2.05) is 12.1 Å². The van der Waals surface area contributed by atoms with Gasteiger partial charge < -0.3 is 11.1 Å². The second-order valence-corrected chi connectivity index (χ2v) is 5.45. The Kier molecular flexibility index (Phi) is 3.21. The number of nitrogens with two attached hydrogens (primary N) is 1. The number of para-hydroxylation sites is 1. The van der Waals surface area contributed by atoms with Crippen LogP contribution in [-0.4, -0.2) is 17.7 Å². The fourth-order valence-electron chi connectivity index (χ4n) is 1.83. The fraction of sp³-hybridized carbons (Fsp3) is 0.417. The minimum absolute atomic E-state index is 0.0214. The van der Waals surface area contributed by atoms with Gasteiger partial charge in [0.1, 0.15) is 5.25 Å². The molecule has 1 atom stereocenters. The Bertz CT molecular complexity index is 417. The summed E-state index contributed by atoms with van der Waals surface area (Å²) in [6, 6.07) is 6.13. The van der Waals surface area contributed by atoms with Gasteiger partial charge in [-0.3, -0.25) is 4.79 Å². The van der Waals surface area contributed by atoms with Crippen molar-refractivity contribution in [3.63, 3.8) is 0 Å². The van der Waals surface area contributed by atoms with Crippen molar-refractivity contribution in [3.05, 3.63) is 23.8 Å². The molecule has 0 aliphatic carbocycles. The van der Waals surface area contributed by atoms with Gasteiger partial charge in [0.15, 0.2) is 0 Å². The lowest BCUT2D eigenvalue weighted by atomic mass is 10.0. The maximum absolute atomic E-state index is 11.8. The molecule has 1 heterocycles. The monoisotopic (exact) mass is 236 g/mol. The van der Waals surface area contributed by atoms with Gasteiger partial charge in [-0.1, -0.05) is 26.0 Å². The van der Waals surface area contributed by atoms with Crippen LogP contribution in [0.4, 0.5) is 5.69 Å². The summed E-state index contributed by atoms with van der Waals surface area (Å²) < 4.78 is 0. The van der Waals surface area contributed by atoms with Gasteiger partial charge in [0.05, 0.1) is 5.69 Å². The summed E-state index contributed by atoms with van der Waals surface area (Å²) in [6.45, 7) is 4.63. The van der Waals surface area contributed by atoms with E-state index in [4.69, 9.17) is 5.73 Å². The highest BCUT2D eigenvalue weighted by Gasteiger charge is 2.27. The molecular weight excluding hydrogens is 220 g/mol. The summed E-state index contributed by atoms with van der Waals surface area (Å²) in [7, 11) is 0. The van der Waals surface area contributed by atoms with Crippen LogP contribution in [0.15, 0.2) is 23.1 Å². The molecule has 0 spiro atoms. The van der Waals surface area contributed by atoms with Crippen molar-refractivity contribution in [2.75, 3.05) is 11.9 Å². The minimum atomic E-state index is -0.157.